The minimum Gasteiger partial charge on any atom is -0.356 e. The number of guanidine groups is 1. The molecule has 160 valence electrons. The number of halogens is 1. The largest absolute Gasteiger partial charge is 0.356 e. The third-order valence-electron chi connectivity index (χ3n) is 5.82. The van der Waals surface area contributed by atoms with E-state index in [1.807, 2.05) is 18.5 Å². The topological polar surface area (TPSA) is 67.1 Å². The van der Waals surface area contributed by atoms with Crippen molar-refractivity contribution in [3.63, 3.8) is 0 Å². The molecular weight excluding hydrogens is 475 g/mol. The third-order valence-corrected chi connectivity index (χ3v) is 5.82. The first-order valence-electron chi connectivity index (χ1n) is 10.5. The summed E-state index contributed by atoms with van der Waals surface area (Å²) in [6, 6.07) is 7.02. The van der Waals surface area contributed by atoms with E-state index in [0.717, 1.165) is 30.6 Å². The van der Waals surface area contributed by atoms with E-state index in [-0.39, 0.29) is 24.0 Å². The minimum atomic E-state index is 0. The summed E-state index contributed by atoms with van der Waals surface area (Å²) in [7, 11) is 1.99. The van der Waals surface area contributed by atoms with Crippen LogP contribution < -0.4 is 10.6 Å². The molecule has 29 heavy (non-hydrogen) atoms. The number of aliphatic imine (C=N–C) groups is 1. The van der Waals surface area contributed by atoms with Crippen molar-refractivity contribution in [2.45, 2.75) is 71.9 Å². The van der Waals surface area contributed by atoms with Crippen LogP contribution in [0.25, 0.3) is 0 Å². The van der Waals surface area contributed by atoms with Gasteiger partial charge in [-0.1, -0.05) is 37.5 Å². The first-order valence-corrected chi connectivity index (χ1v) is 10.5. The van der Waals surface area contributed by atoms with Gasteiger partial charge in [-0.3, -0.25) is 0 Å². The minimum absolute atomic E-state index is 0. The summed E-state index contributed by atoms with van der Waals surface area (Å²) >= 11 is 0. The molecule has 0 atom stereocenters. The molecule has 1 aliphatic carbocycles. The Kier molecular flexibility index (Phi) is 9.39. The predicted octanol–water partition coefficient (Wildman–Crippen LogP) is 3.97. The quantitative estimate of drug-likeness (QED) is 0.351. The maximum Gasteiger partial charge on any atom is 0.191 e. The highest BCUT2D eigenvalue weighted by atomic mass is 127. The van der Waals surface area contributed by atoms with E-state index < -0.39 is 0 Å². The summed E-state index contributed by atoms with van der Waals surface area (Å²) in [6.45, 7) is 7.73. The molecule has 0 saturated heterocycles. The molecule has 1 aromatic heterocycles. The molecule has 0 radical (unpaired) electrons. The lowest BCUT2D eigenvalue weighted by Crippen LogP contribution is -2.45. The summed E-state index contributed by atoms with van der Waals surface area (Å²) in [5.41, 5.74) is 4.14. The summed E-state index contributed by atoms with van der Waals surface area (Å²) in [5.74, 6) is 2.69. The van der Waals surface area contributed by atoms with Crippen LogP contribution in [0, 0.1) is 20.8 Å². The fourth-order valence-corrected chi connectivity index (χ4v) is 3.88. The molecule has 1 aliphatic rings. The van der Waals surface area contributed by atoms with Gasteiger partial charge >= 0.3 is 0 Å². The Morgan fingerprint density at radius 3 is 2.41 bits per heavy atom. The maximum absolute atomic E-state index is 4.81. The molecule has 2 aromatic rings. The number of nitrogens with zero attached hydrogens (tertiary/aromatic N) is 4. The van der Waals surface area contributed by atoms with Crippen molar-refractivity contribution in [3.8, 4) is 0 Å². The van der Waals surface area contributed by atoms with Crippen molar-refractivity contribution in [1.29, 1.82) is 0 Å². The molecule has 0 amide bonds. The second-order valence-electron chi connectivity index (χ2n) is 7.91. The van der Waals surface area contributed by atoms with Gasteiger partial charge in [-0.25, -0.2) is 4.99 Å². The van der Waals surface area contributed by atoms with Gasteiger partial charge in [-0.2, -0.15) is 0 Å². The van der Waals surface area contributed by atoms with Crippen molar-refractivity contribution in [3.05, 3.63) is 46.5 Å². The average Bonchev–Trinajstić information content (AvgIpc) is 3.01. The normalized spacial score (nSPS) is 15.1. The highest BCUT2D eigenvalue weighted by Crippen LogP contribution is 2.17. The first-order chi connectivity index (χ1) is 13.5. The molecule has 1 fully saturated rings. The van der Waals surface area contributed by atoms with Crippen LogP contribution in [0.1, 0.15) is 60.4 Å². The molecule has 1 saturated carbocycles. The van der Waals surface area contributed by atoms with Crippen LogP contribution in [0.4, 0.5) is 0 Å². The number of rotatable bonds is 6. The maximum atomic E-state index is 4.81. The molecule has 1 heterocycles. The lowest BCUT2D eigenvalue weighted by molar-refractivity contribution is 0.409. The molecule has 6 nitrogen and oxygen atoms in total. The van der Waals surface area contributed by atoms with Crippen LogP contribution in [0.2, 0.25) is 0 Å². The Hall–Kier alpha value is -1.64. The van der Waals surface area contributed by atoms with Crippen LogP contribution in [0.15, 0.2) is 23.2 Å². The van der Waals surface area contributed by atoms with Crippen molar-refractivity contribution in [1.82, 2.24) is 25.4 Å². The predicted molar refractivity (Wildman–Crippen MR) is 130 cm³/mol. The SMILES string of the molecule is Cc1cccc(C)c1CCNC(=NCc1nnc(C)n1C)NC1CCCCC1.I. The van der Waals surface area contributed by atoms with E-state index >= 15 is 0 Å². The number of hydrogen-bond donors (Lipinski definition) is 2. The van der Waals surface area contributed by atoms with Gasteiger partial charge < -0.3 is 15.2 Å². The molecule has 0 bridgehead atoms. The summed E-state index contributed by atoms with van der Waals surface area (Å²) < 4.78 is 2.00. The van der Waals surface area contributed by atoms with Crippen molar-refractivity contribution in [2.75, 3.05) is 6.54 Å². The Morgan fingerprint density at radius 2 is 1.79 bits per heavy atom. The third kappa shape index (κ3) is 6.69. The number of hydrogen-bond acceptors (Lipinski definition) is 3. The van der Waals surface area contributed by atoms with Gasteiger partial charge in [0.05, 0.1) is 0 Å². The zero-order valence-corrected chi connectivity index (χ0v) is 20.5. The number of aromatic nitrogens is 3. The van der Waals surface area contributed by atoms with Gasteiger partial charge in [0.2, 0.25) is 0 Å². The van der Waals surface area contributed by atoms with Gasteiger partial charge in [-0.05, 0) is 56.7 Å². The zero-order valence-electron chi connectivity index (χ0n) is 18.2. The van der Waals surface area contributed by atoms with E-state index in [1.54, 1.807) is 0 Å². The standard InChI is InChI=1S/C22H34N6.HI/c1-16-9-8-10-17(2)20(16)13-14-23-22(25-19-11-6-5-7-12-19)24-15-21-27-26-18(3)28(21)4;/h8-10,19H,5-7,11-15H2,1-4H3,(H2,23,24,25);1H. The van der Waals surface area contributed by atoms with Gasteiger partial charge in [-0.15, -0.1) is 34.2 Å². The Morgan fingerprint density at radius 1 is 1.10 bits per heavy atom. The summed E-state index contributed by atoms with van der Waals surface area (Å²) in [4.78, 5) is 4.81. The van der Waals surface area contributed by atoms with Crippen LogP contribution in [-0.2, 0) is 20.0 Å². The second-order valence-corrected chi connectivity index (χ2v) is 7.91. The van der Waals surface area contributed by atoms with Crippen LogP contribution >= 0.6 is 24.0 Å². The molecule has 2 N–H and O–H groups in total. The van der Waals surface area contributed by atoms with E-state index in [9.17, 15) is 0 Å². The second kappa shape index (κ2) is 11.5. The number of aryl methyl sites for hydroxylation is 3. The van der Waals surface area contributed by atoms with Crippen LogP contribution in [-0.4, -0.2) is 33.3 Å². The summed E-state index contributed by atoms with van der Waals surface area (Å²) in [5, 5.41) is 15.6. The first kappa shape index (κ1) is 23.6. The van der Waals surface area contributed by atoms with Crippen molar-refractivity contribution < 1.29 is 0 Å². The van der Waals surface area contributed by atoms with E-state index in [2.05, 4.69) is 52.9 Å². The zero-order chi connectivity index (χ0) is 19.9. The molecule has 3 rings (SSSR count). The summed E-state index contributed by atoms with van der Waals surface area (Å²) in [6.07, 6.45) is 7.39. The Bertz CT molecular complexity index is 787. The van der Waals surface area contributed by atoms with Gasteiger partial charge in [0.25, 0.3) is 0 Å². The van der Waals surface area contributed by atoms with Gasteiger partial charge in [0.15, 0.2) is 11.8 Å². The fraction of sp³-hybridized carbons (Fsp3) is 0.591. The highest BCUT2D eigenvalue weighted by Gasteiger charge is 2.15. The van der Waals surface area contributed by atoms with Gasteiger partial charge in [0.1, 0.15) is 12.4 Å². The highest BCUT2D eigenvalue weighted by molar-refractivity contribution is 14.0. The lowest BCUT2D eigenvalue weighted by Gasteiger charge is -2.25. The molecule has 0 aliphatic heterocycles. The molecule has 0 spiro atoms. The van der Waals surface area contributed by atoms with E-state index in [4.69, 9.17) is 4.99 Å². The van der Waals surface area contributed by atoms with Crippen LogP contribution in [0.3, 0.4) is 0 Å². The number of nitrogens with one attached hydrogen (secondary N) is 2. The number of benzene rings is 1. The average molecular weight is 510 g/mol. The molecule has 0 unspecified atom stereocenters. The Labute approximate surface area is 192 Å². The smallest absolute Gasteiger partial charge is 0.191 e. The van der Waals surface area contributed by atoms with E-state index in [0.29, 0.717) is 12.6 Å². The molecular formula is C22H35IN6. The molecule has 7 heteroatoms. The van der Waals surface area contributed by atoms with Crippen molar-refractivity contribution >= 4 is 29.9 Å². The Balaban J connectivity index is 0.00000300. The van der Waals surface area contributed by atoms with E-state index in [1.165, 1.54) is 48.8 Å². The van der Waals surface area contributed by atoms with Crippen LogP contribution in [0.5, 0.6) is 0 Å². The fourth-order valence-electron chi connectivity index (χ4n) is 3.88. The van der Waals surface area contributed by atoms with Crippen molar-refractivity contribution in [2.24, 2.45) is 12.0 Å². The molecule has 1 aromatic carbocycles. The lowest BCUT2D eigenvalue weighted by atomic mass is 9.96. The monoisotopic (exact) mass is 510 g/mol. The van der Waals surface area contributed by atoms with Gasteiger partial charge in [0, 0.05) is 19.6 Å².